The van der Waals surface area contributed by atoms with Crippen molar-refractivity contribution in [1.29, 1.82) is 0 Å². The van der Waals surface area contributed by atoms with Crippen molar-refractivity contribution in [3.05, 3.63) is 35.4 Å². The molecular formula is C13H18N2. The third-order valence-corrected chi connectivity index (χ3v) is 3.59. The fourth-order valence-corrected chi connectivity index (χ4v) is 2.53. The Labute approximate surface area is 91.3 Å². The molecule has 0 amide bonds. The Morgan fingerprint density at radius 3 is 2.73 bits per heavy atom. The molecule has 2 heterocycles. The lowest BCUT2D eigenvalue weighted by atomic mass is 9.95. The first-order chi connectivity index (χ1) is 7.42. The van der Waals surface area contributed by atoms with E-state index in [1.165, 1.54) is 38.0 Å². The van der Waals surface area contributed by atoms with Crippen molar-refractivity contribution >= 4 is 0 Å². The van der Waals surface area contributed by atoms with E-state index in [1.54, 1.807) is 5.56 Å². The molecule has 1 aromatic carbocycles. The molecule has 2 nitrogen and oxygen atoms in total. The zero-order valence-corrected chi connectivity index (χ0v) is 9.08. The van der Waals surface area contributed by atoms with Gasteiger partial charge in [-0.25, -0.2) is 0 Å². The quantitative estimate of drug-likeness (QED) is 0.780. The number of fused-ring (bicyclic) bond motifs is 1. The lowest BCUT2D eigenvalue weighted by Crippen LogP contribution is -2.49. The number of benzene rings is 1. The van der Waals surface area contributed by atoms with Gasteiger partial charge in [-0.2, -0.15) is 0 Å². The lowest BCUT2D eigenvalue weighted by Gasteiger charge is -2.36. The largest absolute Gasteiger partial charge is 0.308 e. The van der Waals surface area contributed by atoms with Crippen LogP contribution in [0.25, 0.3) is 0 Å². The molecule has 3 rings (SSSR count). The van der Waals surface area contributed by atoms with E-state index in [9.17, 15) is 0 Å². The first kappa shape index (κ1) is 9.37. The van der Waals surface area contributed by atoms with E-state index >= 15 is 0 Å². The van der Waals surface area contributed by atoms with E-state index in [2.05, 4.69) is 34.5 Å². The number of hydrogen-bond donors (Lipinski definition) is 1. The average molecular weight is 202 g/mol. The summed E-state index contributed by atoms with van der Waals surface area (Å²) in [5.41, 5.74) is 3.03. The standard InChI is InChI=1S/C13H18N2/c1-2-5-12-9-14-13(8-11(12)4-1)10-15-6-3-7-15/h1-2,4-5,13-14H,3,6-10H2. The highest BCUT2D eigenvalue weighted by atomic mass is 15.2. The summed E-state index contributed by atoms with van der Waals surface area (Å²) in [7, 11) is 0. The molecule has 1 saturated heterocycles. The molecule has 1 unspecified atom stereocenters. The number of rotatable bonds is 2. The van der Waals surface area contributed by atoms with Crippen LogP contribution in [-0.4, -0.2) is 30.6 Å². The molecule has 0 saturated carbocycles. The summed E-state index contributed by atoms with van der Waals surface area (Å²) in [5, 5.41) is 3.63. The Bertz CT molecular complexity index is 344. The van der Waals surface area contributed by atoms with Gasteiger partial charge in [0.25, 0.3) is 0 Å². The molecule has 0 aliphatic carbocycles. The van der Waals surface area contributed by atoms with Crippen molar-refractivity contribution in [3.63, 3.8) is 0 Å². The predicted octanol–water partition coefficient (Wildman–Crippen LogP) is 1.41. The molecule has 2 heteroatoms. The first-order valence-electron chi connectivity index (χ1n) is 5.94. The smallest absolute Gasteiger partial charge is 0.0238 e. The molecule has 1 fully saturated rings. The molecule has 0 aromatic heterocycles. The van der Waals surface area contributed by atoms with Gasteiger partial charge in [-0.15, -0.1) is 0 Å². The van der Waals surface area contributed by atoms with E-state index < -0.39 is 0 Å². The Kier molecular flexibility index (Phi) is 2.47. The van der Waals surface area contributed by atoms with Crippen LogP contribution in [0.1, 0.15) is 17.5 Å². The number of nitrogens with one attached hydrogen (secondary N) is 1. The summed E-state index contributed by atoms with van der Waals surface area (Å²) in [6, 6.07) is 9.47. The fourth-order valence-electron chi connectivity index (χ4n) is 2.53. The molecule has 0 bridgehead atoms. The highest BCUT2D eigenvalue weighted by Crippen LogP contribution is 2.18. The van der Waals surface area contributed by atoms with Gasteiger partial charge in [0.05, 0.1) is 0 Å². The molecule has 2 aliphatic heterocycles. The van der Waals surface area contributed by atoms with E-state index in [4.69, 9.17) is 0 Å². The summed E-state index contributed by atoms with van der Waals surface area (Å²) >= 11 is 0. The van der Waals surface area contributed by atoms with Crippen LogP contribution < -0.4 is 5.32 Å². The van der Waals surface area contributed by atoms with Crippen LogP contribution in [0.15, 0.2) is 24.3 Å². The zero-order chi connectivity index (χ0) is 10.1. The molecular weight excluding hydrogens is 184 g/mol. The maximum Gasteiger partial charge on any atom is 0.0238 e. The van der Waals surface area contributed by atoms with Crippen LogP contribution in [0, 0.1) is 0 Å². The Morgan fingerprint density at radius 2 is 2.00 bits per heavy atom. The molecule has 0 radical (unpaired) electrons. The van der Waals surface area contributed by atoms with Gasteiger partial charge in [0.1, 0.15) is 0 Å². The number of likely N-dealkylation sites (tertiary alicyclic amines) is 1. The van der Waals surface area contributed by atoms with Gasteiger partial charge < -0.3 is 10.2 Å². The number of nitrogens with zero attached hydrogens (tertiary/aromatic N) is 1. The van der Waals surface area contributed by atoms with Gasteiger partial charge in [-0.3, -0.25) is 0 Å². The first-order valence-corrected chi connectivity index (χ1v) is 5.94. The van der Waals surface area contributed by atoms with Gasteiger partial charge in [-0.1, -0.05) is 24.3 Å². The molecule has 15 heavy (non-hydrogen) atoms. The average Bonchev–Trinajstić information content (AvgIpc) is 2.23. The summed E-state index contributed by atoms with van der Waals surface area (Å²) in [6.45, 7) is 4.89. The van der Waals surface area contributed by atoms with Crippen LogP contribution in [0.4, 0.5) is 0 Å². The van der Waals surface area contributed by atoms with Gasteiger partial charge >= 0.3 is 0 Å². The minimum Gasteiger partial charge on any atom is -0.308 e. The van der Waals surface area contributed by atoms with Crippen molar-refractivity contribution in [2.24, 2.45) is 0 Å². The van der Waals surface area contributed by atoms with Crippen molar-refractivity contribution < 1.29 is 0 Å². The summed E-state index contributed by atoms with van der Waals surface area (Å²) < 4.78 is 0. The van der Waals surface area contributed by atoms with Crippen LogP contribution in [0.2, 0.25) is 0 Å². The molecule has 80 valence electrons. The minimum atomic E-state index is 0.667. The second-order valence-electron chi connectivity index (χ2n) is 4.70. The highest BCUT2D eigenvalue weighted by Gasteiger charge is 2.22. The molecule has 2 aliphatic rings. The number of hydrogen-bond acceptors (Lipinski definition) is 2. The van der Waals surface area contributed by atoms with Crippen molar-refractivity contribution in [2.75, 3.05) is 19.6 Å². The highest BCUT2D eigenvalue weighted by molar-refractivity contribution is 5.29. The molecule has 1 atom stereocenters. The van der Waals surface area contributed by atoms with Gasteiger partial charge in [0.15, 0.2) is 0 Å². The zero-order valence-electron chi connectivity index (χ0n) is 9.08. The van der Waals surface area contributed by atoms with Crippen molar-refractivity contribution in [2.45, 2.75) is 25.4 Å². The second kappa shape index (κ2) is 3.95. The van der Waals surface area contributed by atoms with Crippen LogP contribution in [0.5, 0.6) is 0 Å². The van der Waals surface area contributed by atoms with Crippen LogP contribution in [-0.2, 0) is 13.0 Å². The van der Waals surface area contributed by atoms with Gasteiger partial charge in [0, 0.05) is 19.1 Å². The molecule has 1 N–H and O–H groups in total. The Hall–Kier alpha value is -0.860. The molecule has 1 aromatic rings. The summed E-state index contributed by atoms with van der Waals surface area (Å²) in [6.07, 6.45) is 2.59. The Morgan fingerprint density at radius 1 is 1.20 bits per heavy atom. The summed E-state index contributed by atoms with van der Waals surface area (Å²) in [4.78, 5) is 2.55. The summed E-state index contributed by atoms with van der Waals surface area (Å²) in [5.74, 6) is 0. The van der Waals surface area contributed by atoms with E-state index in [1.807, 2.05) is 0 Å². The van der Waals surface area contributed by atoms with Gasteiger partial charge in [0.2, 0.25) is 0 Å². The maximum absolute atomic E-state index is 3.63. The van der Waals surface area contributed by atoms with Crippen LogP contribution in [0.3, 0.4) is 0 Å². The second-order valence-corrected chi connectivity index (χ2v) is 4.70. The van der Waals surface area contributed by atoms with Crippen molar-refractivity contribution in [3.8, 4) is 0 Å². The van der Waals surface area contributed by atoms with E-state index in [-0.39, 0.29) is 0 Å². The molecule has 0 spiro atoms. The monoisotopic (exact) mass is 202 g/mol. The normalized spacial score (nSPS) is 25.7. The van der Waals surface area contributed by atoms with Crippen LogP contribution >= 0.6 is 0 Å². The van der Waals surface area contributed by atoms with Crippen molar-refractivity contribution in [1.82, 2.24) is 10.2 Å². The lowest BCUT2D eigenvalue weighted by molar-refractivity contribution is 0.158. The van der Waals surface area contributed by atoms with Gasteiger partial charge in [-0.05, 0) is 37.1 Å². The topological polar surface area (TPSA) is 15.3 Å². The third kappa shape index (κ3) is 1.92. The maximum atomic E-state index is 3.63. The minimum absolute atomic E-state index is 0.667. The fraction of sp³-hybridized carbons (Fsp3) is 0.538. The predicted molar refractivity (Wildman–Crippen MR) is 61.8 cm³/mol. The Balaban J connectivity index is 1.66. The third-order valence-electron chi connectivity index (χ3n) is 3.59. The SMILES string of the molecule is c1ccc2c(c1)CNC(CN1CCC1)C2. The van der Waals surface area contributed by atoms with E-state index in [0.717, 1.165) is 6.54 Å². The van der Waals surface area contributed by atoms with E-state index in [0.29, 0.717) is 6.04 Å².